The predicted molar refractivity (Wildman–Crippen MR) is 80.8 cm³/mol. The minimum Gasteiger partial charge on any atom is -0.396 e. The van der Waals surface area contributed by atoms with Crippen molar-refractivity contribution in [2.24, 2.45) is 0 Å². The molecule has 0 fully saturated rings. The lowest BCUT2D eigenvalue weighted by Crippen LogP contribution is -2.15. The summed E-state index contributed by atoms with van der Waals surface area (Å²) in [6.07, 6.45) is 0. The van der Waals surface area contributed by atoms with E-state index in [-0.39, 0.29) is 10.7 Å². The average Bonchev–Trinajstić information content (AvgIpc) is 2.36. The molecule has 0 heterocycles. The number of anilines is 2. The Hall–Kier alpha value is -1.31. The van der Waals surface area contributed by atoms with Crippen LogP contribution in [0.4, 0.5) is 15.8 Å². The third kappa shape index (κ3) is 3.23. The fourth-order valence-corrected chi connectivity index (χ4v) is 3.26. The Morgan fingerprint density at radius 1 is 1.20 bits per heavy atom. The SMILES string of the molecule is Nc1cc(Cl)cc(S(=O)(=O)Nc2ccc(Br)cc2)c1F. The van der Waals surface area contributed by atoms with Gasteiger partial charge in [0.2, 0.25) is 0 Å². The Kier molecular flexibility index (Phi) is 4.22. The van der Waals surface area contributed by atoms with Crippen LogP contribution in [0.1, 0.15) is 0 Å². The van der Waals surface area contributed by atoms with Crippen molar-refractivity contribution in [1.29, 1.82) is 0 Å². The molecule has 0 saturated heterocycles. The Labute approximate surface area is 128 Å². The van der Waals surface area contributed by atoms with Crippen molar-refractivity contribution in [3.05, 3.63) is 51.7 Å². The molecule has 20 heavy (non-hydrogen) atoms. The molecule has 0 spiro atoms. The molecule has 2 aromatic rings. The van der Waals surface area contributed by atoms with E-state index >= 15 is 0 Å². The summed E-state index contributed by atoms with van der Waals surface area (Å²) in [7, 11) is -4.11. The molecule has 0 bridgehead atoms. The second-order valence-electron chi connectivity index (χ2n) is 3.92. The molecule has 4 nitrogen and oxygen atoms in total. The van der Waals surface area contributed by atoms with Crippen molar-refractivity contribution in [3.63, 3.8) is 0 Å². The topological polar surface area (TPSA) is 72.2 Å². The van der Waals surface area contributed by atoms with Crippen LogP contribution in [0.3, 0.4) is 0 Å². The van der Waals surface area contributed by atoms with E-state index in [0.29, 0.717) is 5.69 Å². The van der Waals surface area contributed by atoms with Crippen molar-refractivity contribution in [1.82, 2.24) is 0 Å². The van der Waals surface area contributed by atoms with E-state index in [0.717, 1.165) is 16.6 Å². The zero-order valence-electron chi connectivity index (χ0n) is 9.90. The third-order valence-electron chi connectivity index (χ3n) is 2.42. The second kappa shape index (κ2) is 5.59. The van der Waals surface area contributed by atoms with Crippen LogP contribution in [0.15, 0.2) is 45.8 Å². The number of sulfonamides is 1. The van der Waals surface area contributed by atoms with Gasteiger partial charge in [0, 0.05) is 15.2 Å². The first-order chi connectivity index (χ1) is 9.29. The van der Waals surface area contributed by atoms with Gasteiger partial charge in [-0.15, -0.1) is 0 Å². The van der Waals surface area contributed by atoms with Gasteiger partial charge < -0.3 is 5.73 Å². The highest BCUT2D eigenvalue weighted by Crippen LogP contribution is 2.27. The van der Waals surface area contributed by atoms with Gasteiger partial charge in [0.05, 0.1) is 5.69 Å². The third-order valence-corrected chi connectivity index (χ3v) is 4.55. The first-order valence-electron chi connectivity index (χ1n) is 5.32. The molecule has 0 radical (unpaired) electrons. The van der Waals surface area contributed by atoms with E-state index < -0.39 is 20.7 Å². The van der Waals surface area contributed by atoms with Crippen LogP contribution in [0.5, 0.6) is 0 Å². The number of nitrogen functional groups attached to an aromatic ring is 1. The molecule has 0 aromatic heterocycles. The summed E-state index contributed by atoms with van der Waals surface area (Å²) in [6.45, 7) is 0. The van der Waals surface area contributed by atoms with Gasteiger partial charge >= 0.3 is 0 Å². The van der Waals surface area contributed by atoms with Crippen molar-refractivity contribution < 1.29 is 12.8 Å². The summed E-state index contributed by atoms with van der Waals surface area (Å²) < 4.78 is 41.1. The molecular weight excluding hydrogens is 371 g/mol. The lowest BCUT2D eigenvalue weighted by atomic mass is 10.3. The minimum absolute atomic E-state index is 0.0417. The molecule has 0 amide bonds. The van der Waals surface area contributed by atoms with Gasteiger partial charge in [-0.25, -0.2) is 12.8 Å². The molecule has 0 aliphatic carbocycles. The number of nitrogens with one attached hydrogen (secondary N) is 1. The second-order valence-corrected chi connectivity index (χ2v) is 6.92. The zero-order valence-corrected chi connectivity index (χ0v) is 13.1. The lowest BCUT2D eigenvalue weighted by Gasteiger charge is -2.10. The molecule has 8 heteroatoms. The number of nitrogens with two attached hydrogens (primary N) is 1. The highest BCUT2D eigenvalue weighted by atomic mass is 79.9. The van der Waals surface area contributed by atoms with Gasteiger partial charge in [-0.1, -0.05) is 27.5 Å². The molecule has 0 unspecified atom stereocenters. The van der Waals surface area contributed by atoms with Crippen molar-refractivity contribution in [3.8, 4) is 0 Å². The molecular formula is C12H9BrClFN2O2S. The van der Waals surface area contributed by atoms with E-state index in [1.54, 1.807) is 12.1 Å². The molecule has 0 saturated carbocycles. The van der Waals surface area contributed by atoms with Gasteiger partial charge in [-0.05, 0) is 36.4 Å². The van der Waals surface area contributed by atoms with Gasteiger partial charge in [0.25, 0.3) is 10.0 Å². The first-order valence-corrected chi connectivity index (χ1v) is 7.98. The van der Waals surface area contributed by atoms with Crippen LogP contribution >= 0.6 is 27.5 Å². The van der Waals surface area contributed by atoms with Crippen LogP contribution in [0.2, 0.25) is 5.02 Å². The minimum atomic E-state index is -4.11. The number of rotatable bonds is 3. The predicted octanol–water partition coefficient (Wildman–Crippen LogP) is 3.62. The summed E-state index contributed by atoms with van der Waals surface area (Å²) in [6, 6.07) is 8.53. The summed E-state index contributed by atoms with van der Waals surface area (Å²) in [4.78, 5) is -0.592. The van der Waals surface area contributed by atoms with Crippen molar-refractivity contribution >= 4 is 48.9 Å². The Bertz CT molecular complexity index is 751. The van der Waals surface area contributed by atoms with E-state index in [9.17, 15) is 12.8 Å². The van der Waals surface area contributed by atoms with Gasteiger partial charge in [-0.2, -0.15) is 0 Å². The molecule has 0 atom stereocenters. The zero-order chi connectivity index (χ0) is 14.9. The van der Waals surface area contributed by atoms with Crippen LogP contribution in [0, 0.1) is 5.82 Å². The summed E-state index contributed by atoms with van der Waals surface area (Å²) in [5.41, 5.74) is 5.35. The summed E-state index contributed by atoms with van der Waals surface area (Å²) in [5.74, 6) is -1.03. The quantitative estimate of drug-likeness (QED) is 0.800. The fourth-order valence-electron chi connectivity index (χ4n) is 1.51. The monoisotopic (exact) mass is 378 g/mol. The Balaban J connectivity index is 2.43. The van der Waals surface area contributed by atoms with Crippen molar-refractivity contribution in [2.45, 2.75) is 4.90 Å². The van der Waals surface area contributed by atoms with E-state index in [1.165, 1.54) is 12.1 Å². The molecule has 2 aromatic carbocycles. The maximum Gasteiger partial charge on any atom is 0.264 e. The van der Waals surface area contributed by atoms with E-state index in [2.05, 4.69) is 20.7 Å². The summed E-state index contributed by atoms with van der Waals surface area (Å²) >= 11 is 8.94. The van der Waals surface area contributed by atoms with Gasteiger partial charge in [0.1, 0.15) is 4.90 Å². The van der Waals surface area contributed by atoms with Crippen LogP contribution in [0.25, 0.3) is 0 Å². The first kappa shape index (κ1) is 15.1. The van der Waals surface area contributed by atoms with Crippen LogP contribution in [-0.4, -0.2) is 8.42 Å². The van der Waals surface area contributed by atoms with E-state index in [1.807, 2.05) is 0 Å². The Morgan fingerprint density at radius 3 is 2.40 bits per heavy atom. The van der Waals surface area contributed by atoms with Crippen LogP contribution in [-0.2, 0) is 10.0 Å². The highest BCUT2D eigenvalue weighted by Gasteiger charge is 2.22. The lowest BCUT2D eigenvalue weighted by molar-refractivity contribution is 0.573. The van der Waals surface area contributed by atoms with Gasteiger partial charge in [-0.3, -0.25) is 4.72 Å². The largest absolute Gasteiger partial charge is 0.396 e. The van der Waals surface area contributed by atoms with Crippen molar-refractivity contribution in [2.75, 3.05) is 10.5 Å². The molecule has 106 valence electrons. The normalized spacial score (nSPS) is 11.3. The number of hydrogen-bond acceptors (Lipinski definition) is 3. The molecule has 0 aliphatic heterocycles. The molecule has 0 aliphatic rings. The van der Waals surface area contributed by atoms with E-state index in [4.69, 9.17) is 17.3 Å². The maximum atomic E-state index is 13.8. The Morgan fingerprint density at radius 2 is 1.80 bits per heavy atom. The van der Waals surface area contributed by atoms with Gasteiger partial charge in [0.15, 0.2) is 5.82 Å². The smallest absolute Gasteiger partial charge is 0.264 e. The average molecular weight is 380 g/mol. The summed E-state index contributed by atoms with van der Waals surface area (Å²) in [5, 5.41) is 0.0417. The fraction of sp³-hybridized carbons (Fsp3) is 0. The highest BCUT2D eigenvalue weighted by molar-refractivity contribution is 9.10. The standard InChI is InChI=1S/C12H9BrClFN2O2S/c13-7-1-3-9(4-2-7)17-20(18,19)11-6-8(14)5-10(16)12(11)15/h1-6,17H,16H2. The van der Waals surface area contributed by atoms with Crippen LogP contribution < -0.4 is 10.5 Å². The maximum absolute atomic E-state index is 13.8. The molecule has 3 N–H and O–H groups in total. The number of halogens is 3. The number of benzene rings is 2. The molecule has 2 rings (SSSR count). The number of hydrogen-bond donors (Lipinski definition) is 2.